The van der Waals surface area contributed by atoms with Crippen molar-refractivity contribution < 1.29 is 14.0 Å². The normalized spacial score (nSPS) is 10.7. The lowest BCUT2D eigenvalue weighted by Gasteiger charge is -2.10. The zero-order valence-corrected chi connectivity index (χ0v) is 15.1. The van der Waals surface area contributed by atoms with Crippen LogP contribution in [0.4, 0.5) is 5.69 Å². The number of nitrogens with one attached hydrogen (secondary N) is 2. The maximum absolute atomic E-state index is 12.0. The zero-order chi connectivity index (χ0) is 18.4. The van der Waals surface area contributed by atoms with Crippen molar-refractivity contribution in [1.82, 2.24) is 10.3 Å². The minimum absolute atomic E-state index is 0.0784. The van der Waals surface area contributed by atoms with Crippen LogP contribution in [0.2, 0.25) is 0 Å². The van der Waals surface area contributed by atoms with E-state index in [9.17, 15) is 9.59 Å². The van der Waals surface area contributed by atoms with Crippen LogP contribution < -0.4 is 10.6 Å². The lowest BCUT2D eigenvalue weighted by molar-refractivity contribution is -0.122. The second kappa shape index (κ2) is 8.53. The zero-order valence-electron chi connectivity index (χ0n) is 14.3. The fourth-order valence-corrected chi connectivity index (χ4v) is 3.08. The van der Waals surface area contributed by atoms with E-state index in [2.05, 4.69) is 15.6 Å². The number of carbonyl (C=O) groups excluding carboxylic acids is 2. The van der Waals surface area contributed by atoms with Crippen molar-refractivity contribution in [3.63, 3.8) is 0 Å². The smallest absolute Gasteiger partial charge is 0.257 e. The molecule has 26 heavy (non-hydrogen) atoms. The van der Waals surface area contributed by atoms with Gasteiger partial charge in [0.25, 0.3) is 5.22 Å². The van der Waals surface area contributed by atoms with Crippen LogP contribution in [0.25, 0.3) is 11.1 Å². The number of thioether (sulfide) groups is 1. The predicted octanol–water partition coefficient (Wildman–Crippen LogP) is 3.24. The van der Waals surface area contributed by atoms with Crippen molar-refractivity contribution in [2.45, 2.75) is 18.6 Å². The summed E-state index contributed by atoms with van der Waals surface area (Å²) in [7, 11) is 0. The summed E-state index contributed by atoms with van der Waals surface area (Å²) in [6, 6.07) is 15.0. The van der Waals surface area contributed by atoms with E-state index in [1.807, 2.05) is 55.5 Å². The van der Waals surface area contributed by atoms with Crippen molar-refractivity contribution in [3.05, 3.63) is 54.1 Å². The monoisotopic (exact) mass is 369 g/mol. The molecule has 7 heteroatoms. The summed E-state index contributed by atoms with van der Waals surface area (Å²) in [5.74, 6) is -0.381. The molecular formula is C19H19N3O3S. The van der Waals surface area contributed by atoms with Crippen LogP contribution >= 0.6 is 11.8 Å². The number of para-hydroxylation sites is 3. The van der Waals surface area contributed by atoms with Crippen LogP contribution in [-0.2, 0) is 16.0 Å². The molecule has 2 N–H and O–H groups in total. The maximum atomic E-state index is 12.0. The molecule has 0 saturated carbocycles. The quantitative estimate of drug-likeness (QED) is 0.625. The van der Waals surface area contributed by atoms with Crippen molar-refractivity contribution in [3.8, 4) is 0 Å². The first-order chi connectivity index (χ1) is 12.7. The molecule has 0 atom stereocenters. The summed E-state index contributed by atoms with van der Waals surface area (Å²) in [5.41, 5.74) is 3.27. The van der Waals surface area contributed by atoms with E-state index in [-0.39, 0.29) is 24.1 Å². The van der Waals surface area contributed by atoms with Crippen molar-refractivity contribution in [2.24, 2.45) is 0 Å². The number of rotatable bonds is 7. The van der Waals surface area contributed by atoms with Crippen LogP contribution in [0.1, 0.15) is 12.5 Å². The number of aromatic nitrogens is 1. The Kier molecular flexibility index (Phi) is 5.91. The first-order valence-corrected chi connectivity index (χ1v) is 9.27. The van der Waals surface area contributed by atoms with Gasteiger partial charge in [-0.2, -0.15) is 0 Å². The molecule has 1 heterocycles. The molecule has 1 aromatic heterocycles. The van der Waals surface area contributed by atoms with Crippen LogP contribution in [0.15, 0.2) is 58.2 Å². The maximum Gasteiger partial charge on any atom is 0.257 e. The molecule has 2 aromatic carbocycles. The summed E-state index contributed by atoms with van der Waals surface area (Å²) >= 11 is 1.19. The summed E-state index contributed by atoms with van der Waals surface area (Å²) in [4.78, 5) is 28.2. The van der Waals surface area contributed by atoms with E-state index < -0.39 is 0 Å². The Morgan fingerprint density at radius 3 is 2.65 bits per heavy atom. The van der Waals surface area contributed by atoms with Gasteiger partial charge in [0, 0.05) is 5.69 Å². The Balaban J connectivity index is 1.45. The number of nitrogens with zero attached hydrogens (tertiary/aromatic N) is 1. The topological polar surface area (TPSA) is 84.2 Å². The first-order valence-electron chi connectivity index (χ1n) is 8.28. The molecule has 6 nitrogen and oxygen atoms in total. The molecule has 0 bridgehead atoms. The van der Waals surface area contributed by atoms with E-state index in [4.69, 9.17) is 4.42 Å². The summed E-state index contributed by atoms with van der Waals surface area (Å²) in [6.45, 7) is 1.95. The average molecular weight is 369 g/mol. The number of hydrogen-bond acceptors (Lipinski definition) is 5. The second-order valence-electron chi connectivity index (χ2n) is 5.57. The Labute approximate surface area is 155 Å². The molecule has 0 unspecified atom stereocenters. The number of hydrogen-bond donors (Lipinski definition) is 2. The van der Waals surface area contributed by atoms with Crippen LogP contribution in [0, 0.1) is 0 Å². The fraction of sp³-hybridized carbons (Fsp3) is 0.211. The highest BCUT2D eigenvalue weighted by atomic mass is 32.2. The Bertz CT molecular complexity index is 890. The fourth-order valence-electron chi connectivity index (χ4n) is 2.41. The molecule has 0 fully saturated rings. The highest BCUT2D eigenvalue weighted by Gasteiger charge is 2.11. The summed E-state index contributed by atoms with van der Waals surface area (Å²) in [5, 5.41) is 5.85. The molecule has 0 spiro atoms. The Morgan fingerprint density at radius 2 is 1.85 bits per heavy atom. The van der Waals surface area contributed by atoms with Gasteiger partial charge in [-0.15, -0.1) is 0 Å². The SMILES string of the molecule is CCc1ccccc1NC(=O)CNC(=O)CSc1nc2ccccc2o1. The molecule has 0 aliphatic rings. The number of carbonyl (C=O) groups is 2. The van der Waals surface area contributed by atoms with Gasteiger partial charge in [0.1, 0.15) is 5.52 Å². The molecule has 0 aliphatic carbocycles. The molecule has 134 valence electrons. The third-order valence-corrected chi connectivity index (χ3v) is 4.55. The molecule has 2 amide bonds. The van der Waals surface area contributed by atoms with Gasteiger partial charge in [-0.1, -0.05) is 49.0 Å². The van der Waals surface area contributed by atoms with Crippen molar-refractivity contribution >= 4 is 40.4 Å². The molecule has 3 rings (SSSR count). The Hall–Kier alpha value is -2.80. The van der Waals surface area contributed by atoms with Gasteiger partial charge in [0.05, 0.1) is 12.3 Å². The number of amides is 2. The second-order valence-corrected chi connectivity index (χ2v) is 6.50. The highest BCUT2D eigenvalue weighted by Crippen LogP contribution is 2.22. The Morgan fingerprint density at radius 1 is 1.08 bits per heavy atom. The number of aryl methyl sites for hydroxylation is 1. The number of benzene rings is 2. The average Bonchev–Trinajstić information content (AvgIpc) is 3.08. The van der Waals surface area contributed by atoms with Gasteiger partial charge >= 0.3 is 0 Å². The lowest BCUT2D eigenvalue weighted by Crippen LogP contribution is -2.34. The van der Waals surface area contributed by atoms with E-state index >= 15 is 0 Å². The van der Waals surface area contributed by atoms with E-state index in [1.54, 1.807) is 0 Å². The van der Waals surface area contributed by atoms with E-state index in [0.717, 1.165) is 23.2 Å². The van der Waals surface area contributed by atoms with Gasteiger partial charge < -0.3 is 15.1 Å². The van der Waals surface area contributed by atoms with Crippen molar-refractivity contribution in [1.29, 1.82) is 0 Å². The summed E-state index contributed by atoms with van der Waals surface area (Å²) < 4.78 is 5.54. The molecule has 0 aliphatic heterocycles. The third kappa shape index (κ3) is 4.64. The minimum Gasteiger partial charge on any atom is -0.431 e. The highest BCUT2D eigenvalue weighted by molar-refractivity contribution is 7.99. The van der Waals surface area contributed by atoms with Gasteiger partial charge in [0.15, 0.2) is 5.58 Å². The van der Waals surface area contributed by atoms with Gasteiger partial charge in [-0.25, -0.2) is 4.98 Å². The third-order valence-electron chi connectivity index (χ3n) is 3.72. The molecule has 0 radical (unpaired) electrons. The minimum atomic E-state index is -0.258. The van der Waals surface area contributed by atoms with Gasteiger partial charge in [0.2, 0.25) is 11.8 Å². The molecule has 3 aromatic rings. The predicted molar refractivity (Wildman–Crippen MR) is 102 cm³/mol. The van der Waals surface area contributed by atoms with Crippen LogP contribution in [-0.4, -0.2) is 29.1 Å². The lowest BCUT2D eigenvalue weighted by atomic mass is 10.1. The number of anilines is 1. The van der Waals surface area contributed by atoms with Crippen molar-refractivity contribution in [2.75, 3.05) is 17.6 Å². The van der Waals surface area contributed by atoms with Gasteiger partial charge in [-0.05, 0) is 30.2 Å². The van der Waals surface area contributed by atoms with Gasteiger partial charge in [-0.3, -0.25) is 9.59 Å². The van der Waals surface area contributed by atoms with Crippen LogP contribution in [0.3, 0.4) is 0 Å². The van der Waals surface area contributed by atoms with E-state index in [1.165, 1.54) is 11.8 Å². The summed E-state index contributed by atoms with van der Waals surface area (Å²) in [6.07, 6.45) is 0.823. The largest absolute Gasteiger partial charge is 0.431 e. The first kappa shape index (κ1) is 18.0. The molecule has 0 saturated heterocycles. The van der Waals surface area contributed by atoms with Crippen LogP contribution in [0.5, 0.6) is 0 Å². The standard InChI is InChI=1S/C19H19N3O3S/c1-2-13-7-3-4-8-14(13)21-17(23)11-20-18(24)12-26-19-22-15-9-5-6-10-16(15)25-19/h3-10H,2,11-12H2,1H3,(H,20,24)(H,21,23). The number of oxazole rings is 1. The van der Waals surface area contributed by atoms with E-state index in [0.29, 0.717) is 10.8 Å². The molecular weight excluding hydrogens is 350 g/mol. The number of fused-ring (bicyclic) bond motifs is 1.